The van der Waals surface area contributed by atoms with Gasteiger partial charge in [-0.1, -0.05) is 13.8 Å². The van der Waals surface area contributed by atoms with Crippen LogP contribution < -0.4 is 5.32 Å². The van der Waals surface area contributed by atoms with Gasteiger partial charge < -0.3 is 15.2 Å². The number of carbonyl (C=O) groups excluding carboxylic acids is 1. The first-order valence-corrected chi connectivity index (χ1v) is 6.89. The summed E-state index contributed by atoms with van der Waals surface area (Å²) < 4.78 is 0. The number of imidazole rings is 1. The minimum absolute atomic E-state index is 0.0332. The van der Waals surface area contributed by atoms with Gasteiger partial charge in [-0.3, -0.25) is 4.79 Å². The number of H-pyrrole nitrogens is 1. The predicted molar refractivity (Wildman–Crippen MR) is 77.6 cm³/mol. The summed E-state index contributed by atoms with van der Waals surface area (Å²) in [5.74, 6) is -0.0332. The molecule has 1 fully saturated rings. The van der Waals surface area contributed by atoms with Crippen molar-refractivity contribution in [2.45, 2.75) is 32.7 Å². The molecule has 2 rings (SSSR count). The van der Waals surface area contributed by atoms with Crippen molar-refractivity contribution < 1.29 is 4.79 Å². The van der Waals surface area contributed by atoms with Crippen molar-refractivity contribution in [2.24, 2.45) is 0 Å². The van der Waals surface area contributed by atoms with Gasteiger partial charge in [-0.25, -0.2) is 4.98 Å². The van der Waals surface area contributed by atoms with E-state index in [0.29, 0.717) is 6.04 Å². The number of amides is 1. The molecule has 0 saturated carbocycles. The number of aromatic amines is 1. The Morgan fingerprint density at radius 2 is 2.16 bits per heavy atom. The second-order valence-corrected chi connectivity index (χ2v) is 4.43. The molecule has 5 nitrogen and oxygen atoms in total. The highest BCUT2D eigenvalue weighted by molar-refractivity contribution is 5.91. The monoisotopic (exact) mass is 264 g/mol. The van der Waals surface area contributed by atoms with E-state index in [9.17, 15) is 4.79 Å². The van der Waals surface area contributed by atoms with Crippen LogP contribution in [0.5, 0.6) is 0 Å². The van der Waals surface area contributed by atoms with Crippen molar-refractivity contribution in [3.05, 3.63) is 24.3 Å². The molecule has 2 N–H and O–H groups in total. The Bertz CT molecular complexity index is 378. The summed E-state index contributed by atoms with van der Waals surface area (Å²) in [5.41, 5.74) is 0.837. The number of hydrogen-bond donors (Lipinski definition) is 2. The third-order valence-corrected chi connectivity index (χ3v) is 3.00. The number of nitrogens with one attached hydrogen (secondary N) is 2. The number of carbonyl (C=O) groups is 1. The third-order valence-electron chi connectivity index (χ3n) is 3.00. The topological polar surface area (TPSA) is 61.0 Å². The SMILES string of the molecule is CC.CN1CCC(NC(=O)/C=C/c2cnc[nH]2)CC1. The number of hydrogen-bond acceptors (Lipinski definition) is 3. The summed E-state index contributed by atoms with van der Waals surface area (Å²) >= 11 is 0. The van der Waals surface area contributed by atoms with Crippen molar-refractivity contribution in [1.82, 2.24) is 20.2 Å². The van der Waals surface area contributed by atoms with Crippen molar-refractivity contribution in [1.29, 1.82) is 0 Å². The highest BCUT2D eigenvalue weighted by Gasteiger charge is 2.17. The molecule has 1 aliphatic rings. The highest BCUT2D eigenvalue weighted by Crippen LogP contribution is 2.08. The first-order chi connectivity index (χ1) is 9.24. The smallest absolute Gasteiger partial charge is 0.244 e. The van der Waals surface area contributed by atoms with E-state index in [-0.39, 0.29) is 5.91 Å². The van der Waals surface area contributed by atoms with E-state index in [1.54, 1.807) is 24.7 Å². The lowest BCUT2D eigenvalue weighted by atomic mass is 10.1. The van der Waals surface area contributed by atoms with Crippen molar-refractivity contribution >= 4 is 12.0 Å². The molecule has 2 heterocycles. The molecule has 0 atom stereocenters. The largest absolute Gasteiger partial charge is 0.350 e. The lowest BCUT2D eigenvalue weighted by molar-refractivity contribution is -0.117. The van der Waals surface area contributed by atoms with Crippen molar-refractivity contribution in [3.63, 3.8) is 0 Å². The Labute approximate surface area is 115 Å². The maximum atomic E-state index is 11.6. The fourth-order valence-electron chi connectivity index (χ4n) is 1.93. The maximum Gasteiger partial charge on any atom is 0.244 e. The minimum Gasteiger partial charge on any atom is -0.350 e. The Kier molecular flexibility index (Phi) is 6.89. The van der Waals surface area contributed by atoms with Crippen LogP contribution in [0, 0.1) is 0 Å². The van der Waals surface area contributed by atoms with Gasteiger partial charge in [-0.05, 0) is 39.1 Å². The van der Waals surface area contributed by atoms with Crippen LogP contribution in [-0.4, -0.2) is 47.0 Å². The molecule has 1 amide bonds. The first kappa shape index (κ1) is 15.4. The Hall–Kier alpha value is -1.62. The molecule has 106 valence electrons. The fraction of sp³-hybridized carbons (Fsp3) is 0.571. The molecular weight excluding hydrogens is 240 g/mol. The zero-order chi connectivity index (χ0) is 14.1. The van der Waals surface area contributed by atoms with Crippen LogP contribution in [0.4, 0.5) is 0 Å². The van der Waals surface area contributed by atoms with Gasteiger partial charge in [0.25, 0.3) is 0 Å². The van der Waals surface area contributed by atoms with E-state index >= 15 is 0 Å². The summed E-state index contributed by atoms with van der Waals surface area (Å²) in [5, 5.41) is 3.02. The van der Waals surface area contributed by atoms with E-state index in [0.717, 1.165) is 31.6 Å². The Morgan fingerprint density at radius 1 is 1.47 bits per heavy atom. The van der Waals surface area contributed by atoms with Crippen LogP contribution in [0.3, 0.4) is 0 Å². The number of nitrogens with zero attached hydrogens (tertiary/aromatic N) is 2. The number of likely N-dealkylation sites (tertiary alicyclic amines) is 1. The molecule has 1 saturated heterocycles. The molecular formula is C14H24N4O. The first-order valence-electron chi connectivity index (χ1n) is 6.89. The van der Waals surface area contributed by atoms with Crippen molar-refractivity contribution in [2.75, 3.05) is 20.1 Å². The van der Waals surface area contributed by atoms with E-state index < -0.39 is 0 Å². The molecule has 5 heteroatoms. The van der Waals surface area contributed by atoms with E-state index in [4.69, 9.17) is 0 Å². The summed E-state index contributed by atoms with van der Waals surface area (Å²) in [6.07, 6.45) is 8.61. The standard InChI is InChI=1S/C12H18N4O.C2H6/c1-16-6-4-10(5-7-16)15-12(17)3-2-11-8-13-9-14-11;1-2/h2-3,8-10H,4-7H2,1H3,(H,13,14)(H,15,17);1-2H3/b3-2+;. The zero-order valence-electron chi connectivity index (χ0n) is 12.0. The number of aromatic nitrogens is 2. The maximum absolute atomic E-state index is 11.6. The number of piperidine rings is 1. The molecule has 0 spiro atoms. The summed E-state index contributed by atoms with van der Waals surface area (Å²) in [6, 6.07) is 0.310. The van der Waals surface area contributed by atoms with Crippen LogP contribution in [0.1, 0.15) is 32.4 Å². The van der Waals surface area contributed by atoms with Crippen LogP contribution >= 0.6 is 0 Å². The Morgan fingerprint density at radius 3 is 2.74 bits per heavy atom. The second-order valence-electron chi connectivity index (χ2n) is 4.43. The van der Waals surface area contributed by atoms with Crippen LogP contribution in [-0.2, 0) is 4.79 Å². The van der Waals surface area contributed by atoms with E-state index in [1.165, 1.54) is 0 Å². The zero-order valence-corrected chi connectivity index (χ0v) is 12.0. The second kappa shape index (κ2) is 8.48. The van der Waals surface area contributed by atoms with Gasteiger partial charge in [0.15, 0.2) is 0 Å². The summed E-state index contributed by atoms with van der Waals surface area (Å²) in [6.45, 7) is 6.10. The predicted octanol–water partition coefficient (Wildman–Crippen LogP) is 1.66. The molecule has 0 bridgehead atoms. The summed E-state index contributed by atoms with van der Waals surface area (Å²) in [7, 11) is 2.11. The molecule has 0 unspecified atom stereocenters. The molecule has 0 aromatic carbocycles. The average molecular weight is 264 g/mol. The molecule has 1 aromatic heterocycles. The molecule has 0 aliphatic carbocycles. The van der Waals surface area contributed by atoms with E-state index in [1.807, 2.05) is 13.8 Å². The normalized spacial score (nSPS) is 17.0. The number of rotatable bonds is 3. The van der Waals surface area contributed by atoms with Gasteiger partial charge in [0.2, 0.25) is 5.91 Å². The van der Waals surface area contributed by atoms with Crippen LogP contribution in [0.15, 0.2) is 18.6 Å². The Balaban J connectivity index is 0.000000861. The van der Waals surface area contributed by atoms with Gasteiger partial charge in [0.1, 0.15) is 0 Å². The van der Waals surface area contributed by atoms with Crippen LogP contribution in [0.25, 0.3) is 6.08 Å². The molecule has 0 radical (unpaired) electrons. The van der Waals surface area contributed by atoms with Gasteiger partial charge >= 0.3 is 0 Å². The van der Waals surface area contributed by atoms with Gasteiger partial charge in [0.05, 0.1) is 18.2 Å². The highest BCUT2D eigenvalue weighted by atomic mass is 16.1. The van der Waals surface area contributed by atoms with Gasteiger partial charge in [0, 0.05) is 12.1 Å². The lowest BCUT2D eigenvalue weighted by Crippen LogP contribution is -2.42. The van der Waals surface area contributed by atoms with Crippen LogP contribution in [0.2, 0.25) is 0 Å². The van der Waals surface area contributed by atoms with Gasteiger partial charge in [-0.15, -0.1) is 0 Å². The molecule has 1 aromatic rings. The average Bonchev–Trinajstić information content (AvgIpc) is 2.95. The quantitative estimate of drug-likeness (QED) is 0.816. The van der Waals surface area contributed by atoms with Gasteiger partial charge in [-0.2, -0.15) is 0 Å². The minimum atomic E-state index is -0.0332. The molecule has 19 heavy (non-hydrogen) atoms. The van der Waals surface area contributed by atoms with E-state index in [2.05, 4.69) is 27.2 Å². The molecule has 1 aliphatic heterocycles. The fourth-order valence-corrected chi connectivity index (χ4v) is 1.93. The third kappa shape index (κ3) is 5.70. The summed E-state index contributed by atoms with van der Waals surface area (Å²) in [4.78, 5) is 20.7. The van der Waals surface area contributed by atoms with Crippen molar-refractivity contribution in [3.8, 4) is 0 Å². The lowest BCUT2D eigenvalue weighted by Gasteiger charge is -2.29.